The lowest BCUT2D eigenvalue weighted by Crippen LogP contribution is -2.27. The van der Waals surface area contributed by atoms with Crippen LogP contribution in [0, 0.1) is 12.7 Å². The molecule has 1 aromatic heterocycles. The predicted molar refractivity (Wildman–Crippen MR) is 68.0 cm³/mol. The molecule has 1 amide bonds. The van der Waals surface area contributed by atoms with Gasteiger partial charge in [0.05, 0.1) is 0 Å². The smallest absolute Gasteiger partial charge is 0.249 e. The SMILES string of the molecule is Cc1noc(C2CCC(=O)N2Cc2ccc(F)cc2)n1. The predicted octanol–water partition coefficient (Wildman–Crippen LogP) is 2.38. The van der Waals surface area contributed by atoms with E-state index in [2.05, 4.69) is 10.1 Å². The van der Waals surface area contributed by atoms with Gasteiger partial charge in [-0.15, -0.1) is 0 Å². The maximum atomic E-state index is 12.9. The molecule has 2 aromatic rings. The number of likely N-dealkylation sites (tertiary alicyclic amines) is 1. The summed E-state index contributed by atoms with van der Waals surface area (Å²) in [7, 11) is 0. The van der Waals surface area contributed by atoms with E-state index in [0.717, 1.165) is 5.56 Å². The Morgan fingerprint density at radius 2 is 2.15 bits per heavy atom. The monoisotopic (exact) mass is 275 g/mol. The molecule has 6 heteroatoms. The number of amides is 1. The van der Waals surface area contributed by atoms with E-state index in [-0.39, 0.29) is 17.8 Å². The first kappa shape index (κ1) is 12.8. The molecule has 20 heavy (non-hydrogen) atoms. The van der Waals surface area contributed by atoms with Crippen LogP contribution in [0.15, 0.2) is 28.8 Å². The van der Waals surface area contributed by atoms with Crippen molar-refractivity contribution in [2.75, 3.05) is 0 Å². The van der Waals surface area contributed by atoms with Gasteiger partial charge in [-0.1, -0.05) is 17.3 Å². The maximum Gasteiger partial charge on any atom is 0.249 e. The zero-order valence-electron chi connectivity index (χ0n) is 11.0. The number of hydrogen-bond acceptors (Lipinski definition) is 4. The van der Waals surface area contributed by atoms with E-state index in [1.54, 1.807) is 24.0 Å². The van der Waals surface area contributed by atoms with Gasteiger partial charge in [-0.2, -0.15) is 4.98 Å². The highest BCUT2D eigenvalue weighted by molar-refractivity contribution is 5.78. The molecular weight excluding hydrogens is 261 g/mol. The number of rotatable bonds is 3. The second-order valence-corrected chi connectivity index (χ2v) is 4.88. The molecule has 1 aliphatic heterocycles. The van der Waals surface area contributed by atoms with Crippen LogP contribution in [0.5, 0.6) is 0 Å². The summed E-state index contributed by atoms with van der Waals surface area (Å²) in [6.07, 6.45) is 1.13. The average Bonchev–Trinajstić information content (AvgIpc) is 3.00. The fourth-order valence-corrected chi connectivity index (χ4v) is 2.42. The van der Waals surface area contributed by atoms with E-state index in [1.807, 2.05) is 0 Å². The summed E-state index contributed by atoms with van der Waals surface area (Å²) in [5.41, 5.74) is 0.878. The first-order valence-corrected chi connectivity index (χ1v) is 6.47. The molecule has 1 unspecified atom stereocenters. The molecule has 1 aliphatic rings. The number of aromatic nitrogens is 2. The van der Waals surface area contributed by atoms with Crippen molar-refractivity contribution in [3.05, 3.63) is 47.4 Å². The fraction of sp³-hybridized carbons (Fsp3) is 0.357. The summed E-state index contributed by atoms with van der Waals surface area (Å²) >= 11 is 0. The van der Waals surface area contributed by atoms with Gasteiger partial charge in [-0.05, 0) is 31.0 Å². The van der Waals surface area contributed by atoms with Gasteiger partial charge in [0.2, 0.25) is 11.8 Å². The van der Waals surface area contributed by atoms with Gasteiger partial charge >= 0.3 is 0 Å². The number of halogens is 1. The quantitative estimate of drug-likeness (QED) is 0.863. The Kier molecular flexibility index (Phi) is 3.22. The summed E-state index contributed by atoms with van der Waals surface area (Å²) in [4.78, 5) is 17.9. The van der Waals surface area contributed by atoms with Gasteiger partial charge in [0.1, 0.15) is 11.9 Å². The molecule has 2 heterocycles. The lowest BCUT2D eigenvalue weighted by atomic mass is 10.2. The molecule has 1 aromatic carbocycles. The van der Waals surface area contributed by atoms with Crippen molar-refractivity contribution >= 4 is 5.91 Å². The lowest BCUT2D eigenvalue weighted by Gasteiger charge is -2.22. The van der Waals surface area contributed by atoms with Crippen molar-refractivity contribution in [1.82, 2.24) is 15.0 Å². The number of carbonyl (C=O) groups is 1. The van der Waals surface area contributed by atoms with Gasteiger partial charge in [-0.25, -0.2) is 4.39 Å². The van der Waals surface area contributed by atoms with Crippen molar-refractivity contribution in [3.63, 3.8) is 0 Å². The minimum absolute atomic E-state index is 0.0511. The normalized spacial score (nSPS) is 18.8. The third-order valence-electron chi connectivity index (χ3n) is 3.42. The van der Waals surface area contributed by atoms with Gasteiger partial charge in [0.15, 0.2) is 5.82 Å². The highest BCUT2D eigenvalue weighted by Crippen LogP contribution is 2.33. The molecular formula is C14H14FN3O2. The molecule has 104 valence electrons. The second kappa shape index (κ2) is 5.03. The lowest BCUT2D eigenvalue weighted by molar-refractivity contribution is -0.129. The van der Waals surface area contributed by atoms with E-state index >= 15 is 0 Å². The Labute approximate surface area is 115 Å². The zero-order chi connectivity index (χ0) is 14.1. The first-order chi connectivity index (χ1) is 9.63. The minimum Gasteiger partial charge on any atom is -0.337 e. The van der Waals surface area contributed by atoms with E-state index in [0.29, 0.717) is 31.1 Å². The molecule has 0 bridgehead atoms. The van der Waals surface area contributed by atoms with Crippen molar-refractivity contribution in [2.24, 2.45) is 0 Å². The zero-order valence-corrected chi connectivity index (χ0v) is 11.0. The average molecular weight is 275 g/mol. The number of carbonyl (C=O) groups excluding carboxylic acids is 1. The molecule has 0 radical (unpaired) electrons. The van der Waals surface area contributed by atoms with Crippen LogP contribution in [-0.4, -0.2) is 20.9 Å². The van der Waals surface area contributed by atoms with E-state index < -0.39 is 0 Å². The number of aryl methyl sites for hydroxylation is 1. The molecule has 1 atom stereocenters. The standard InChI is InChI=1S/C14H14FN3O2/c1-9-16-14(20-17-9)12-6-7-13(19)18(12)8-10-2-4-11(15)5-3-10/h2-5,12H,6-8H2,1H3. The van der Waals surface area contributed by atoms with Crippen LogP contribution in [0.3, 0.4) is 0 Å². The van der Waals surface area contributed by atoms with Crippen molar-refractivity contribution < 1.29 is 13.7 Å². The molecule has 1 fully saturated rings. The molecule has 0 N–H and O–H groups in total. The number of benzene rings is 1. The molecule has 0 saturated carbocycles. The molecule has 3 rings (SSSR count). The fourth-order valence-electron chi connectivity index (χ4n) is 2.42. The highest BCUT2D eigenvalue weighted by atomic mass is 19.1. The van der Waals surface area contributed by atoms with E-state index in [1.165, 1.54) is 12.1 Å². The summed E-state index contributed by atoms with van der Waals surface area (Å²) in [6, 6.07) is 5.95. The Morgan fingerprint density at radius 3 is 2.80 bits per heavy atom. The molecule has 1 saturated heterocycles. The van der Waals surface area contributed by atoms with Crippen LogP contribution >= 0.6 is 0 Å². The van der Waals surface area contributed by atoms with Crippen LogP contribution in [-0.2, 0) is 11.3 Å². The highest BCUT2D eigenvalue weighted by Gasteiger charge is 2.35. The van der Waals surface area contributed by atoms with Gasteiger partial charge in [-0.3, -0.25) is 4.79 Å². The van der Waals surface area contributed by atoms with Crippen LogP contribution in [0.4, 0.5) is 4.39 Å². The van der Waals surface area contributed by atoms with Gasteiger partial charge in [0, 0.05) is 13.0 Å². The van der Waals surface area contributed by atoms with Crippen LogP contribution in [0.1, 0.15) is 36.2 Å². The summed E-state index contributed by atoms with van der Waals surface area (Å²) in [6.45, 7) is 2.17. The molecule has 0 spiro atoms. The summed E-state index contributed by atoms with van der Waals surface area (Å²) in [5.74, 6) is 0.789. The Hall–Kier alpha value is -2.24. The van der Waals surface area contributed by atoms with Crippen LogP contribution < -0.4 is 0 Å². The Balaban J connectivity index is 1.82. The summed E-state index contributed by atoms with van der Waals surface area (Å²) in [5, 5.41) is 3.77. The second-order valence-electron chi connectivity index (χ2n) is 4.88. The maximum absolute atomic E-state index is 12.9. The Bertz CT molecular complexity index is 624. The van der Waals surface area contributed by atoms with Crippen LogP contribution in [0.2, 0.25) is 0 Å². The minimum atomic E-state index is -0.287. The molecule has 0 aliphatic carbocycles. The number of nitrogens with zero attached hydrogens (tertiary/aromatic N) is 3. The topological polar surface area (TPSA) is 59.2 Å². The molecule has 5 nitrogen and oxygen atoms in total. The van der Waals surface area contributed by atoms with E-state index in [9.17, 15) is 9.18 Å². The Morgan fingerprint density at radius 1 is 1.40 bits per heavy atom. The van der Waals surface area contributed by atoms with Crippen molar-refractivity contribution in [2.45, 2.75) is 32.4 Å². The van der Waals surface area contributed by atoms with E-state index in [4.69, 9.17) is 4.52 Å². The largest absolute Gasteiger partial charge is 0.337 e. The third kappa shape index (κ3) is 2.41. The van der Waals surface area contributed by atoms with Crippen molar-refractivity contribution in [3.8, 4) is 0 Å². The van der Waals surface area contributed by atoms with Crippen molar-refractivity contribution in [1.29, 1.82) is 0 Å². The summed E-state index contributed by atoms with van der Waals surface area (Å²) < 4.78 is 18.1. The number of hydrogen-bond donors (Lipinski definition) is 0. The van der Waals surface area contributed by atoms with Crippen LogP contribution in [0.25, 0.3) is 0 Å². The van der Waals surface area contributed by atoms with Gasteiger partial charge in [0.25, 0.3) is 0 Å². The first-order valence-electron chi connectivity index (χ1n) is 6.47. The third-order valence-corrected chi connectivity index (χ3v) is 3.42. The van der Waals surface area contributed by atoms with Gasteiger partial charge < -0.3 is 9.42 Å².